The second-order valence-corrected chi connectivity index (χ2v) is 4.23. The van der Waals surface area contributed by atoms with Crippen molar-refractivity contribution in [1.82, 2.24) is 10.6 Å². The van der Waals surface area contributed by atoms with Crippen molar-refractivity contribution in [2.45, 2.75) is 6.42 Å². The molecule has 0 saturated carbocycles. The number of methoxy groups -OCH3 is 1. The Bertz CT molecular complexity index is 449. The van der Waals surface area contributed by atoms with E-state index in [1.54, 1.807) is 31.4 Å². The number of ether oxygens (including phenoxy) is 1. The minimum absolute atomic E-state index is 0.117. The Labute approximate surface area is 118 Å². The van der Waals surface area contributed by atoms with Gasteiger partial charge in [-0.25, -0.2) is 4.79 Å². The molecule has 6 heteroatoms. The molecule has 0 bridgehead atoms. The third-order valence-electron chi connectivity index (χ3n) is 2.73. The number of nitrogens with one attached hydrogen (secondary N) is 2. The van der Waals surface area contributed by atoms with Crippen LogP contribution in [0.25, 0.3) is 0 Å². The summed E-state index contributed by atoms with van der Waals surface area (Å²) in [5, 5.41) is 14.7. The zero-order valence-corrected chi connectivity index (χ0v) is 11.5. The van der Waals surface area contributed by atoms with E-state index in [1.165, 1.54) is 0 Å². The Hall–Kier alpha value is -1.92. The first kappa shape index (κ1) is 16.1. The second-order valence-electron chi connectivity index (χ2n) is 4.23. The minimum Gasteiger partial charge on any atom is -0.478 e. The molecule has 3 N–H and O–H groups in total. The molecule has 0 aromatic heterocycles. The molecule has 0 radical (unpaired) electrons. The lowest BCUT2D eigenvalue weighted by Crippen LogP contribution is -2.36. The number of carboxylic acid groups (broad SMARTS) is 1. The van der Waals surface area contributed by atoms with Crippen LogP contribution in [0.1, 0.15) is 15.9 Å². The van der Waals surface area contributed by atoms with Crippen molar-refractivity contribution in [3.05, 3.63) is 35.4 Å². The van der Waals surface area contributed by atoms with Gasteiger partial charge >= 0.3 is 5.97 Å². The molecular weight excluding hydrogens is 260 g/mol. The number of amides is 1. The van der Waals surface area contributed by atoms with E-state index in [2.05, 4.69) is 10.6 Å². The van der Waals surface area contributed by atoms with Crippen molar-refractivity contribution in [1.29, 1.82) is 0 Å². The van der Waals surface area contributed by atoms with Gasteiger partial charge in [0.05, 0.1) is 18.7 Å². The normalized spacial score (nSPS) is 10.2. The summed E-state index contributed by atoms with van der Waals surface area (Å²) in [6.45, 7) is 1.81. The first-order valence-electron chi connectivity index (χ1n) is 6.42. The highest BCUT2D eigenvalue weighted by Crippen LogP contribution is 2.08. The SMILES string of the molecule is COCCNCC(=O)NCCc1ccccc1C(=O)O. The van der Waals surface area contributed by atoms with Gasteiger partial charge in [-0.05, 0) is 18.1 Å². The maximum absolute atomic E-state index is 11.5. The number of hydrogen-bond acceptors (Lipinski definition) is 4. The van der Waals surface area contributed by atoms with E-state index < -0.39 is 5.97 Å². The van der Waals surface area contributed by atoms with Gasteiger partial charge in [0.25, 0.3) is 0 Å². The van der Waals surface area contributed by atoms with Crippen LogP contribution in [-0.2, 0) is 16.0 Å². The highest BCUT2D eigenvalue weighted by molar-refractivity contribution is 5.89. The Morgan fingerprint density at radius 1 is 1.25 bits per heavy atom. The van der Waals surface area contributed by atoms with E-state index >= 15 is 0 Å². The predicted octanol–water partition coefficient (Wildman–Crippen LogP) is 0.280. The van der Waals surface area contributed by atoms with E-state index in [0.29, 0.717) is 31.7 Å². The number of benzene rings is 1. The molecule has 1 amide bonds. The van der Waals surface area contributed by atoms with Crippen LogP contribution in [0.2, 0.25) is 0 Å². The summed E-state index contributed by atoms with van der Waals surface area (Å²) in [6.07, 6.45) is 0.492. The molecular formula is C14H20N2O4. The van der Waals surface area contributed by atoms with Gasteiger partial charge in [0, 0.05) is 20.2 Å². The molecule has 6 nitrogen and oxygen atoms in total. The lowest BCUT2D eigenvalue weighted by atomic mass is 10.0. The third-order valence-corrected chi connectivity index (χ3v) is 2.73. The van der Waals surface area contributed by atoms with Gasteiger partial charge in [-0.2, -0.15) is 0 Å². The molecule has 1 aromatic rings. The molecule has 0 aliphatic carbocycles. The van der Waals surface area contributed by atoms with Gasteiger partial charge in [-0.3, -0.25) is 4.79 Å². The molecule has 0 unspecified atom stereocenters. The maximum Gasteiger partial charge on any atom is 0.335 e. The van der Waals surface area contributed by atoms with E-state index in [9.17, 15) is 9.59 Å². The number of carbonyl (C=O) groups excluding carboxylic acids is 1. The Morgan fingerprint density at radius 3 is 2.70 bits per heavy atom. The molecule has 0 spiro atoms. The molecule has 0 saturated heterocycles. The van der Waals surface area contributed by atoms with Crippen LogP contribution in [0.5, 0.6) is 0 Å². The van der Waals surface area contributed by atoms with E-state index in [-0.39, 0.29) is 18.0 Å². The Morgan fingerprint density at radius 2 is 2.00 bits per heavy atom. The smallest absolute Gasteiger partial charge is 0.335 e. The molecule has 0 fully saturated rings. The molecule has 20 heavy (non-hydrogen) atoms. The van der Waals surface area contributed by atoms with Crippen molar-refractivity contribution in [2.24, 2.45) is 0 Å². The van der Waals surface area contributed by atoms with Crippen LogP contribution in [0.4, 0.5) is 0 Å². The average molecular weight is 280 g/mol. The summed E-state index contributed by atoms with van der Waals surface area (Å²) in [5.41, 5.74) is 0.993. The molecule has 110 valence electrons. The van der Waals surface area contributed by atoms with Crippen LogP contribution in [0.3, 0.4) is 0 Å². The number of carboxylic acids is 1. The van der Waals surface area contributed by atoms with Gasteiger partial charge in [-0.15, -0.1) is 0 Å². The monoisotopic (exact) mass is 280 g/mol. The fraction of sp³-hybridized carbons (Fsp3) is 0.429. The fourth-order valence-electron chi connectivity index (χ4n) is 1.72. The first-order chi connectivity index (χ1) is 9.65. The lowest BCUT2D eigenvalue weighted by molar-refractivity contribution is -0.120. The zero-order valence-electron chi connectivity index (χ0n) is 11.5. The minimum atomic E-state index is -0.951. The highest BCUT2D eigenvalue weighted by atomic mass is 16.5. The van der Waals surface area contributed by atoms with Gasteiger partial charge in [-0.1, -0.05) is 18.2 Å². The lowest BCUT2D eigenvalue weighted by Gasteiger charge is -2.08. The van der Waals surface area contributed by atoms with Crippen molar-refractivity contribution in [3.63, 3.8) is 0 Å². The van der Waals surface area contributed by atoms with Crippen LogP contribution in [0.15, 0.2) is 24.3 Å². The second kappa shape index (κ2) is 9.06. The van der Waals surface area contributed by atoms with Gasteiger partial charge in [0.2, 0.25) is 5.91 Å². The van der Waals surface area contributed by atoms with Crippen molar-refractivity contribution in [2.75, 3.05) is 33.4 Å². The van der Waals surface area contributed by atoms with Crippen molar-refractivity contribution in [3.8, 4) is 0 Å². The van der Waals surface area contributed by atoms with Crippen LogP contribution in [0, 0.1) is 0 Å². The van der Waals surface area contributed by atoms with Crippen LogP contribution >= 0.6 is 0 Å². The van der Waals surface area contributed by atoms with E-state index in [0.717, 1.165) is 0 Å². The van der Waals surface area contributed by atoms with Crippen molar-refractivity contribution >= 4 is 11.9 Å². The maximum atomic E-state index is 11.5. The number of rotatable bonds is 9. The van der Waals surface area contributed by atoms with E-state index in [1.807, 2.05) is 0 Å². The summed E-state index contributed by atoms with van der Waals surface area (Å²) in [4.78, 5) is 22.5. The average Bonchev–Trinajstić information content (AvgIpc) is 2.44. The van der Waals surface area contributed by atoms with Gasteiger partial charge in [0.15, 0.2) is 0 Å². The topological polar surface area (TPSA) is 87.7 Å². The number of carbonyl (C=O) groups is 2. The van der Waals surface area contributed by atoms with Crippen LogP contribution in [-0.4, -0.2) is 50.3 Å². The molecule has 1 rings (SSSR count). The molecule has 1 aromatic carbocycles. The standard InChI is InChI=1S/C14H20N2O4/c1-20-9-8-15-10-13(17)16-7-6-11-4-2-3-5-12(11)14(18)19/h2-5,15H,6-10H2,1H3,(H,16,17)(H,18,19). The summed E-state index contributed by atoms with van der Waals surface area (Å²) >= 11 is 0. The quantitative estimate of drug-likeness (QED) is 0.566. The Balaban J connectivity index is 2.30. The summed E-state index contributed by atoms with van der Waals surface area (Å²) in [5.74, 6) is -1.07. The fourth-order valence-corrected chi connectivity index (χ4v) is 1.72. The highest BCUT2D eigenvalue weighted by Gasteiger charge is 2.08. The Kier molecular flexibility index (Phi) is 7.31. The van der Waals surface area contributed by atoms with Gasteiger partial charge < -0.3 is 20.5 Å². The first-order valence-corrected chi connectivity index (χ1v) is 6.42. The van der Waals surface area contributed by atoms with Crippen molar-refractivity contribution < 1.29 is 19.4 Å². The number of aromatic carboxylic acids is 1. The van der Waals surface area contributed by atoms with E-state index in [4.69, 9.17) is 9.84 Å². The third kappa shape index (κ3) is 5.81. The molecule has 0 heterocycles. The summed E-state index contributed by atoms with van der Waals surface area (Å²) in [6, 6.07) is 6.79. The van der Waals surface area contributed by atoms with Crippen LogP contribution < -0.4 is 10.6 Å². The molecule has 0 aliphatic heterocycles. The molecule has 0 aliphatic rings. The molecule has 0 atom stereocenters. The predicted molar refractivity (Wildman–Crippen MR) is 74.9 cm³/mol. The zero-order chi connectivity index (χ0) is 14.8. The summed E-state index contributed by atoms with van der Waals surface area (Å²) < 4.78 is 4.85. The number of hydrogen-bond donors (Lipinski definition) is 3. The largest absolute Gasteiger partial charge is 0.478 e. The summed E-state index contributed by atoms with van der Waals surface area (Å²) in [7, 11) is 1.60. The van der Waals surface area contributed by atoms with Gasteiger partial charge in [0.1, 0.15) is 0 Å².